The number of hydrogen-bond donors (Lipinski definition) is 0. The zero-order valence-corrected chi connectivity index (χ0v) is 14.0. The number of rotatable bonds is 2. The SMILES string of the molecule is Cc1ncccc1C(=O)N1C[C@@H](c2cccc(Cl)c2)OC[C@@H]1C. The lowest BCUT2D eigenvalue weighted by molar-refractivity contribution is -0.0487. The highest BCUT2D eigenvalue weighted by Gasteiger charge is 2.31. The lowest BCUT2D eigenvalue weighted by Gasteiger charge is -2.38. The lowest BCUT2D eigenvalue weighted by Crippen LogP contribution is -2.48. The van der Waals surface area contributed by atoms with Crippen LogP contribution in [0.15, 0.2) is 42.6 Å². The molecule has 1 aliphatic rings. The van der Waals surface area contributed by atoms with Crippen LogP contribution in [0, 0.1) is 6.92 Å². The molecule has 1 saturated heterocycles. The minimum atomic E-state index is -0.161. The second kappa shape index (κ2) is 6.69. The van der Waals surface area contributed by atoms with Gasteiger partial charge in [-0.2, -0.15) is 0 Å². The molecule has 5 heteroatoms. The molecule has 1 amide bonds. The van der Waals surface area contributed by atoms with Crippen LogP contribution in [-0.4, -0.2) is 35.0 Å². The fourth-order valence-corrected chi connectivity index (χ4v) is 3.01. The number of carbonyl (C=O) groups excluding carboxylic acids is 1. The Morgan fingerprint density at radius 3 is 2.91 bits per heavy atom. The van der Waals surface area contributed by atoms with E-state index in [4.69, 9.17) is 16.3 Å². The molecule has 0 aliphatic carbocycles. The zero-order chi connectivity index (χ0) is 16.4. The summed E-state index contributed by atoms with van der Waals surface area (Å²) in [5, 5.41) is 0.672. The maximum absolute atomic E-state index is 12.9. The lowest BCUT2D eigenvalue weighted by atomic mass is 10.0. The monoisotopic (exact) mass is 330 g/mol. The summed E-state index contributed by atoms with van der Waals surface area (Å²) in [6, 6.07) is 11.2. The van der Waals surface area contributed by atoms with Gasteiger partial charge in [0.25, 0.3) is 5.91 Å². The number of carbonyl (C=O) groups is 1. The Kier molecular flexibility index (Phi) is 4.64. The van der Waals surface area contributed by atoms with Crippen molar-refractivity contribution in [2.75, 3.05) is 13.2 Å². The number of nitrogens with zero attached hydrogens (tertiary/aromatic N) is 2. The van der Waals surface area contributed by atoms with Crippen molar-refractivity contribution >= 4 is 17.5 Å². The van der Waals surface area contributed by atoms with Gasteiger partial charge in [-0.25, -0.2) is 0 Å². The van der Waals surface area contributed by atoms with Crippen LogP contribution >= 0.6 is 11.6 Å². The van der Waals surface area contributed by atoms with Crippen LogP contribution in [-0.2, 0) is 4.74 Å². The third-order valence-electron chi connectivity index (χ3n) is 4.15. The molecular formula is C18H19ClN2O2. The molecule has 1 fully saturated rings. The third-order valence-corrected chi connectivity index (χ3v) is 4.39. The van der Waals surface area contributed by atoms with Crippen molar-refractivity contribution < 1.29 is 9.53 Å². The van der Waals surface area contributed by atoms with Crippen LogP contribution in [0.4, 0.5) is 0 Å². The number of aromatic nitrogens is 1. The first-order valence-electron chi connectivity index (χ1n) is 7.66. The number of aryl methyl sites for hydroxylation is 1. The molecule has 23 heavy (non-hydrogen) atoms. The first-order chi connectivity index (χ1) is 11.1. The normalized spacial score (nSPS) is 21.3. The van der Waals surface area contributed by atoms with Crippen LogP contribution < -0.4 is 0 Å². The average molecular weight is 331 g/mol. The summed E-state index contributed by atoms with van der Waals surface area (Å²) in [4.78, 5) is 19.0. The fraction of sp³-hybridized carbons (Fsp3) is 0.333. The Bertz CT molecular complexity index is 720. The van der Waals surface area contributed by atoms with E-state index in [0.717, 1.165) is 11.3 Å². The fourth-order valence-electron chi connectivity index (χ4n) is 2.81. The van der Waals surface area contributed by atoms with Crippen LogP contribution in [0.25, 0.3) is 0 Å². The van der Waals surface area contributed by atoms with E-state index in [0.29, 0.717) is 23.7 Å². The number of halogens is 1. The van der Waals surface area contributed by atoms with Crippen LogP contribution in [0.1, 0.15) is 34.6 Å². The Balaban J connectivity index is 1.84. The maximum Gasteiger partial charge on any atom is 0.256 e. The number of morpholine rings is 1. The van der Waals surface area contributed by atoms with E-state index in [1.54, 1.807) is 12.3 Å². The van der Waals surface area contributed by atoms with Gasteiger partial charge in [0.15, 0.2) is 0 Å². The summed E-state index contributed by atoms with van der Waals surface area (Å²) in [6.07, 6.45) is 1.54. The molecule has 3 rings (SSSR count). The van der Waals surface area contributed by atoms with Crippen LogP contribution in [0.3, 0.4) is 0 Å². The zero-order valence-electron chi connectivity index (χ0n) is 13.2. The molecule has 1 aliphatic heterocycles. The molecular weight excluding hydrogens is 312 g/mol. The quantitative estimate of drug-likeness (QED) is 0.844. The first kappa shape index (κ1) is 16.0. The summed E-state index contributed by atoms with van der Waals surface area (Å²) >= 11 is 6.06. The Hall–Kier alpha value is -1.91. The van der Waals surface area contributed by atoms with Gasteiger partial charge in [0.2, 0.25) is 0 Å². The van der Waals surface area contributed by atoms with E-state index in [-0.39, 0.29) is 18.1 Å². The molecule has 120 valence electrons. The minimum absolute atomic E-state index is 0.00146. The summed E-state index contributed by atoms with van der Waals surface area (Å²) in [6.45, 7) is 4.86. The summed E-state index contributed by atoms with van der Waals surface area (Å²) in [5.41, 5.74) is 2.38. The van der Waals surface area contributed by atoms with E-state index in [1.807, 2.05) is 49.1 Å². The van der Waals surface area contributed by atoms with Gasteiger partial charge >= 0.3 is 0 Å². The second-order valence-corrected chi connectivity index (χ2v) is 6.26. The molecule has 0 radical (unpaired) electrons. The number of benzene rings is 1. The maximum atomic E-state index is 12.9. The third kappa shape index (κ3) is 3.38. The molecule has 0 N–H and O–H groups in total. The first-order valence-corrected chi connectivity index (χ1v) is 8.03. The predicted octanol–water partition coefficient (Wildman–Crippen LogP) is 3.65. The molecule has 0 bridgehead atoms. The summed E-state index contributed by atoms with van der Waals surface area (Å²) < 4.78 is 5.91. The standard InChI is InChI=1S/C18H19ClN2O2/c1-12-11-23-17(14-5-3-6-15(19)9-14)10-21(12)18(22)16-7-4-8-20-13(16)2/h3-9,12,17H,10-11H2,1-2H3/t12-,17-/m0/s1. The predicted molar refractivity (Wildman–Crippen MR) is 89.6 cm³/mol. The minimum Gasteiger partial charge on any atom is -0.370 e. The number of pyridine rings is 1. The molecule has 1 aromatic heterocycles. The molecule has 0 spiro atoms. The molecule has 0 unspecified atom stereocenters. The topological polar surface area (TPSA) is 42.4 Å². The van der Waals surface area contributed by atoms with Gasteiger partial charge in [-0.1, -0.05) is 23.7 Å². The van der Waals surface area contributed by atoms with Crippen molar-refractivity contribution in [3.05, 3.63) is 64.4 Å². The average Bonchev–Trinajstić information content (AvgIpc) is 2.55. The molecule has 1 aromatic carbocycles. The van der Waals surface area contributed by atoms with Crippen molar-refractivity contribution in [2.24, 2.45) is 0 Å². The Morgan fingerprint density at radius 2 is 2.17 bits per heavy atom. The Morgan fingerprint density at radius 1 is 1.35 bits per heavy atom. The molecule has 2 aromatic rings. The molecule has 0 saturated carbocycles. The molecule has 4 nitrogen and oxygen atoms in total. The van der Waals surface area contributed by atoms with Gasteiger partial charge in [0.05, 0.1) is 24.8 Å². The molecule has 2 atom stereocenters. The van der Waals surface area contributed by atoms with Crippen molar-refractivity contribution in [1.29, 1.82) is 0 Å². The van der Waals surface area contributed by atoms with Crippen molar-refractivity contribution in [2.45, 2.75) is 26.0 Å². The van der Waals surface area contributed by atoms with E-state index >= 15 is 0 Å². The van der Waals surface area contributed by atoms with E-state index < -0.39 is 0 Å². The summed E-state index contributed by atoms with van der Waals surface area (Å²) in [5.74, 6) is -0.00146. The van der Waals surface area contributed by atoms with Crippen molar-refractivity contribution in [3.8, 4) is 0 Å². The van der Waals surface area contributed by atoms with Gasteiger partial charge < -0.3 is 9.64 Å². The highest BCUT2D eigenvalue weighted by Crippen LogP contribution is 2.27. The van der Waals surface area contributed by atoms with E-state index in [2.05, 4.69) is 4.98 Å². The second-order valence-electron chi connectivity index (χ2n) is 5.82. The Labute approximate surface area is 141 Å². The van der Waals surface area contributed by atoms with Gasteiger partial charge in [-0.05, 0) is 43.7 Å². The number of amides is 1. The smallest absolute Gasteiger partial charge is 0.256 e. The number of hydrogen-bond acceptors (Lipinski definition) is 3. The van der Waals surface area contributed by atoms with Crippen molar-refractivity contribution in [3.63, 3.8) is 0 Å². The number of ether oxygens (including phenoxy) is 1. The summed E-state index contributed by atoms with van der Waals surface area (Å²) in [7, 11) is 0. The van der Waals surface area contributed by atoms with Gasteiger partial charge in [0.1, 0.15) is 6.10 Å². The van der Waals surface area contributed by atoms with Crippen LogP contribution in [0.5, 0.6) is 0 Å². The van der Waals surface area contributed by atoms with Gasteiger partial charge in [-0.15, -0.1) is 0 Å². The largest absolute Gasteiger partial charge is 0.370 e. The van der Waals surface area contributed by atoms with Gasteiger partial charge in [0, 0.05) is 16.9 Å². The highest BCUT2D eigenvalue weighted by molar-refractivity contribution is 6.30. The molecule has 2 heterocycles. The van der Waals surface area contributed by atoms with E-state index in [9.17, 15) is 4.79 Å². The van der Waals surface area contributed by atoms with E-state index in [1.165, 1.54) is 0 Å². The highest BCUT2D eigenvalue weighted by atomic mass is 35.5. The van der Waals surface area contributed by atoms with Crippen LogP contribution in [0.2, 0.25) is 5.02 Å². The van der Waals surface area contributed by atoms with Gasteiger partial charge in [-0.3, -0.25) is 9.78 Å². The van der Waals surface area contributed by atoms with Crippen molar-refractivity contribution in [1.82, 2.24) is 9.88 Å².